The number of fused-ring (bicyclic) bond motifs is 3. The molecule has 4 atom stereocenters. The van der Waals surface area contributed by atoms with E-state index in [-0.39, 0.29) is 24.9 Å². The molecule has 0 saturated carbocycles. The van der Waals surface area contributed by atoms with E-state index >= 15 is 0 Å². The predicted molar refractivity (Wildman–Crippen MR) is 96.9 cm³/mol. The van der Waals surface area contributed by atoms with E-state index in [9.17, 15) is 14.7 Å². The van der Waals surface area contributed by atoms with Crippen LogP contribution in [0.25, 0.3) is 0 Å². The topological polar surface area (TPSA) is 88.5 Å². The Morgan fingerprint density at radius 2 is 1.71 bits per heavy atom. The highest BCUT2D eigenvalue weighted by Crippen LogP contribution is 2.44. The number of carbonyl (C=O) groups excluding carboxylic acids is 1. The van der Waals surface area contributed by atoms with E-state index in [4.69, 9.17) is 14.2 Å². The van der Waals surface area contributed by atoms with Gasteiger partial charge < -0.3 is 24.2 Å². The number of amides is 1. The summed E-state index contributed by atoms with van der Waals surface area (Å²) in [5.74, 6) is -0.633. The van der Waals surface area contributed by atoms with Crippen molar-refractivity contribution in [3.8, 4) is 11.5 Å². The smallest absolute Gasteiger partial charge is 0.310 e. The molecule has 1 aromatic carbocycles. The molecule has 1 N–H and O–H groups in total. The Labute approximate surface area is 162 Å². The van der Waals surface area contributed by atoms with Crippen molar-refractivity contribution in [2.45, 2.75) is 31.6 Å². The Kier molecular flexibility index (Phi) is 4.40. The molecule has 28 heavy (non-hydrogen) atoms. The minimum atomic E-state index is -0.910. The van der Waals surface area contributed by atoms with Crippen molar-refractivity contribution < 1.29 is 28.9 Å². The van der Waals surface area contributed by atoms with Crippen LogP contribution in [-0.4, -0.2) is 72.0 Å². The molecule has 0 aromatic heterocycles. The van der Waals surface area contributed by atoms with Crippen molar-refractivity contribution in [3.05, 3.63) is 23.8 Å². The van der Waals surface area contributed by atoms with Crippen LogP contribution in [0, 0.1) is 11.8 Å². The molecule has 3 fully saturated rings. The van der Waals surface area contributed by atoms with Crippen LogP contribution in [0.5, 0.6) is 11.5 Å². The highest BCUT2D eigenvalue weighted by atomic mass is 16.7. The second-order valence-electron chi connectivity index (χ2n) is 7.97. The van der Waals surface area contributed by atoms with Crippen LogP contribution >= 0.6 is 0 Å². The van der Waals surface area contributed by atoms with Crippen LogP contribution in [-0.2, 0) is 20.9 Å². The Morgan fingerprint density at radius 1 is 1.00 bits per heavy atom. The van der Waals surface area contributed by atoms with Gasteiger partial charge in [0, 0.05) is 32.7 Å². The Hall–Kier alpha value is -2.32. The van der Waals surface area contributed by atoms with Gasteiger partial charge in [-0.15, -0.1) is 0 Å². The van der Waals surface area contributed by atoms with Gasteiger partial charge >= 0.3 is 5.97 Å². The van der Waals surface area contributed by atoms with Crippen molar-refractivity contribution in [2.75, 3.05) is 33.0 Å². The molecule has 0 spiro atoms. The number of carboxylic acids is 1. The lowest BCUT2D eigenvalue weighted by Crippen LogP contribution is -2.53. The van der Waals surface area contributed by atoms with Gasteiger partial charge in [-0.05, 0) is 30.5 Å². The SMILES string of the molecule is O=C(O)C1C2CCC(O2)C1C(=O)N1CCN(Cc2ccc3c(c2)OCO3)CC1. The summed E-state index contributed by atoms with van der Waals surface area (Å²) in [6, 6.07) is 5.97. The van der Waals surface area contributed by atoms with E-state index in [1.54, 1.807) is 0 Å². The van der Waals surface area contributed by atoms with Crippen LogP contribution in [0.15, 0.2) is 18.2 Å². The first kappa shape index (κ1) is 17.8. The van der Waals surface area contributed by atoms with Crippen molar-refractivity contribution in [1.82, 2.24) is 9.80 Å². The Balaban J connectivity index is 1.19. The largest absolute Gasteiger partial charge is 0.481 e. The third-order valence-corrected chi connectivity index (χ3v) is 6.37. The van der Waals surface area contributed by atoms with E-state index in [0.717, 1.165) is 49.5 Å². The average molecular weight is 388 g/mol. The number of aliphatic carboxylic acids is 1. The highest BCUT2D eigenvalue weighted by Gasteiger charge is 2.56. The first-order chi connectivity index (χ1) is 13.6. The van der Waals surface area contributed by atoms with E-state index in [2.05, 4.69) is 4.90 Å². The molecule has 4 heterocycles. The lowest BCUT2D eigenvalue weighted by Gasteiger charge is -2.37. The first-order valence-corrected chi connectivity index (χ1v) is 9.88. The van der Waals surface area contributed by atoms with Gasteiger partial charge in [-0.1, -0.05) is 6.07 Å². The summed E-state index contributed by atoms with van der Waals surface area (Å²) in [6.07, 6.45) is 0.998. The van der Waals surface area contributed by atoms with Gasteiger partial charge in [0.15, 0.2) is 11.5 Å². The molecule has 8 heteroatoms. The third-order valence-electron chi connectivity index (χ3n) is 6.37. The fourth-order valence-electron chi connectivity index (χ4n) is 4.94. The number of nitrogens with zero attached hydrogens (tertiary/aromatic N) is 2. The standard InChI is InChI=1S/C20H24N2O6/c23-19(17-14-3-4-15(28-14)18(17)20(24)25)22-7-5-21(6-8-22)10-12-1-2-13-16(9-12)27-11-26-13/h1-2,9,14-15,17-18H,3-8,10-11H2,(H,24,25). The summed E-state index contributed by atoms with van der Waals surface area (Å²) >= 11 is 0. The number of piperazine rings is 1. The predicted octanol–water partition coefficient (Wildman–Crippen LogP) is 0.938. The summed E-state index contributed by atoms with van der Waals surface area (Å²) < 4.78 is 16.5. The molecule has 4 aliphatic heterocycles. The normalized spacial score (nSPS) is 31.4. The van der Waals surface area contributed by atoms with E-state index in [1.807, 2.05) is 23.1 Å². The van der Waals surface area contributed by atoms with Crippen molar-refractivity contribution >= 4 is 11.9 Å². The van der Waals surface area contributed by atoms with Gasteiger partial charge in [-0.2, -0.15) is 0 Å². The lowest BCUT2D eigenvalue weighted by atomic mass is 9.78. The van der Waals surface area contributed by atoms with Crippen LogP contribution < -0.4 is 9.47 Å². The zero-order chi connectivity index (χ0) is 19.3. The first-order valence-electron chi connectivity index (χ1n) is 9.88. The minimum Gasteiger partial charge on any atom is -0.481 e. The molecule has 1 aromatic rings. The molecule has 8 nitrogen and oxygen atoms in total. The van der Waals surface area contributed by atoms with Gasteiger partial charge in [0.1, 0.15) is 0 Å². The lowest BCUT2D eigenvalue weighted by molar-refractivity contribution is -0.151. The molecule has 3 saturated heterocycles. The van der Waals surface area contributed by atoms with Gasteiger partial charge in [-0.3, -0.25) is 14.5 Å². The van der Waals surface area contributed by atoms with Gasteiger partial charge in [0.25, 0.3) is 0 Å². The van der Waals surface area contributed by atoms with Crippen molar-refractivity contribution in [2.24, 2.45) is 11.8 Å². The summed E-state index contributed by atoms with van der Waals surface area (Å²) in [4.78, 5) is 28.8. The highest BCUT2D eigenvalue weighted by molar-refractivity contribution is 5.86. The average Bonchev–Trinajstić information content (AvgIpc) is 3.43. The van der Waals surface area contributed by atoms with Crippen LogP contribution in [0.4, 0.5) is 0 Å². The zero-order valence-electron chi connectivity index (χ0n) is 15.6. The quantitative estimate of drug-likeness (QED) is 0.821. The van der Waals surface area contributed by atoms with Crippen molar-refractivity contribution in [1.29, 1.82) is 0 Å². The second-order valence-corrected chi connectivity index (χ2v) is 7.97. The van der Waals surface area contributed by atoms with E-state index < -0.39 is 17.8 Å². The molecule has 5 rings (SSSR count). The number of hydrogen-bond donors (Lipinski definition) is 1. The monoisotopic (exact) mass is 388 g/mol. The molecular weight excluding hydrogens is 364 g/mol. The maximum atomic E-state index is 13.0. The van der Waals surface area contributed by atoms with Gasteiger partial charge in [0.2, 0.25) is 12.7 Å². The molecular formula is C20H24N2O6. The number of hydrogen-bond acceptors (Lipinski definition) is 6. The maximum Gasteiger partial charge on any atom is 0.310 e. The van der Waals surface area contributed by atoms with Gasteiger partial charge in [0.05, 0.1) is 24.0 Å². The molecule has 150 valence electrons. The fourth-order valence-corrected chi connectivity index (χ4v) is 4.94. The maximum absolute atomic E-state index is 13.0. The van der Waals surface area contributed by atoms with Crippen LogP contribution in [0.1, 0.15) is 18.4 Å². The number of carboxylic acid groups (broad SMARTS) is 1. The Bertz CT molecular complexity index is 791. The Morgan fingerprint density at radius 3 is 2.46 bits per heavy atom. The van der Waals surface area contributed by atoms with Crippen molar-refractivity contribution in [3.63, 3.8) is 0 Å². The second kappa shape index (κ2) is 6.93. The zero-order valence-corrected chi connectivity index (χ0v) is 15.6. The number of benzene rings is 1. The molecule has 4 aliphatic rings. The number of ether oxygens (including phenoxy) is 3. The molecule has 4 unspecified atom stereocenters. The number of carbonyl (C=O) groups is 2. The third kappa shape index (κ3) is 3.00. The van der Waals surface area contributed by atoms with Gasteiger partial charge in [-0.25, -0.2) is 0 Å². The summed E-state index contributed by atoms with van der Waals surface area (Å²) in [5.41, 5.74) is 1.15. The summed E-state index contributed by atoms with van der Waals surface area (Å²) in [6.45, 7) is 3.81. The number of rotatable bonds is 4. The van der Waals surface area contributed by atoms with E-state index in [1.165, 1.54) is 0 Å². The molecule has 2 bridgehead atoms. The summed E-state index contributed by atoms with van der Waals surface area (Å²) in [7, 11) is 0. The molecule has 0 aliphatic carbocycles. The molecule has 1 amide bonds. The summed E-state index contributed by atoms with van der Waals surface area (Å²) in [5, 5.41) is 9.55. The van der Waals surface area contributed by atoms with Crippen LogP contribution in [0.3, 0.4) is 0 Å². The minimum absolute atomic E-state index is 0.0534. The molecule has 0 radical (unpaired) electrons. The van der Waals surface area contributed by atoms with E-state index in [0.29, 0.717) is 13.1 Å². The fraction of sp³-hybridized carbons (Fsp3) is 0.600. The van der Waals surface area contributed by atoms with Crippen LogP contribution in [0.2, 0.25) is 0 Å².